The summed E-state index contributed by atoms with van der Waals surface area (Å²) in [6.45, 7) is 0.581. The van der Waals surface area contributed by atoms with Gasteiger partial charge in [-0.1, -0.05) is 41.7 Å². The summed E-state index contributed by atoms with van der Waals surface area (Å²) < 4.78 is 27.6. The number of hydrogen-bond acceptors (Lipinski definition) is 6. The second-order valence-electron chi connectivity index (χ2n) is 6.44. The first kappa shape index (κ1) is 18.0. The van der Waals surface area contributed by atoms with E-state index in [-0.39, 0.29) is 17.3 Å². The summed E-state index contributed by atoms with van der Waals surface area (Å²) in [4.78, 5) is 12.7. The van der Waals surface area contributed by atoms with E-state index < -0.39 is 15.9 Å². The lowest BCUT2D eigenvalue weighted by molar-refractivity contribution is -0.120. The average molecular weight is 403 g/mol. The quantitative estimate of drug-likeness (QED) is 0.724. The van der Waals surface area contributed by atoms with Gasteiger partial charge in [-0.25, -0.2) is 8.42 Å². The zero-order valence-electron chi connectivity index (χ0n) is 14.4. The zero-order chi connectivity index (χ0) is 18.9. The van der Waals surface area contributed by atoms with E-state index in [1.54, 1.807) is 12.1 Å². The Bertz CT molecular complexity index is 1070. The SMILES string of the molecule is O=C(Nc1nncs1)[C@H]1CCCN(S(=O)(=O)c2ccc3ccccc3c2)C1. The Morgan fingerprint density at radius 2 is 2.00 bits per heavy atom. The van der Waals surface area contributed by atoms with Crippen molar-refractivity contribution in [3.05, 3.63) is 48.0 Å². The van der Waals surface area contributed by atoms with Crippen molar-refractivity contribution >= 4 is 43.2 Å². The predicted octanol–water partition coefficient (Wildman–Crippen LogP) is 2.73. The number of amides is 1. The molecular formula is C18H18N4O3S2. The van der Waals surface area contributed by atoms with Crippen molar-refractivity contribution in [3.63, 3.8) is 0 Å². The Morgan fingerprint density at radius 1 is 1.19 bits per heavy atom. The van der Waals surface area contributed by atoms with Crippen molar-refractivity contribution in [2.24, 2.45) is 5.92 Å². The molecule has 1 amide bonds. The number of anilines is 1. The normalized spacial score (nSPS) is 18.4. The van der Waals surface area contributed by atoms with Crippen molar-refractivity contribution in [1.29, 1.82) is 0 Å². The van der Waals surface area contributed by atoms with Crippen LogP contribution in [0.25, 0.3) is 10.8 Å². The second-order valence-corrected chi connectivity index (χ2v) is 9.22. The molecule has 0 unspecified atom stereocenters. The van der Waals surface area contributed by atoms with E-state index in [1.165, 1.54) is 21.2 Å². The van der Waals surface area contributed by atoms with Crippen LogP contribution in [0.4, 0.5) is 5.13 Å². The second kappa shape index (κ2) is 7.34. The van der Waals surface area contributed by atoms with Crippen LogP contribution < -0.4 is 5.32 Å². The largest absolute Gasteiger partial charge is 0.300 e. The molecule has 9 heteroatoms. The van der Waals surface area contributed by atoms with Gasteiger partial charge in [0, 0.05) is 13.1 Å². The van der Waals surface area contributed by atoms with Gasteiger partial charge in [-0.05, 0) is 35.7 Å². The molecule has 3 aromatic rings. The molecule has 0 bridgehead atoms. The third kappa shape index (κ3) is 3.71. The first-order valence-electron chi connectivity index (χ1n) is 8.60. The number of aromatic nitrogens is 2. The van der Waals surface area contributed by atoms with Crippen LogP contribution >= 0.6 is 11.3 Å². The van der Waals surface area contributed by atoms with E-state index in [4.69, 9.17) is 0 Å². The minimum atomic E-state index is -3.65. The summed E-state index contributed by atoms with van der Waals surface area (Å²) in [7, 11) is -3.65. The van der Waals surface area contributed by atoms with Gasteiger partial charge < -0.3 is 5.32 Å². The van der Waals surface area contributed by atoms with Crippen LogP contribution in [0.1, 0.15) is 12.8 Å². The van der Waals surface area contributed by atoms with Gasteiger partial charge >= 0.3 is 0 Å². The molecule has 1 saturated heterocycles. The number of piperidine rings is 1. The highest BCUT2D eigenvalue weighted by molar-refractivity contribution is 7.89. The van der Waals surface area contributed by atoms with Crippen LogP contribution in [0.2, 0.25) is 0 Å². The molecule has 4 rings (SSSR count). The fraction of sp³-hybridized carbons (Fsp3) is 0.278. The van der Waals surface area contributed by atoms with Crippen LogP contribution in [0.5, 0.6) is 0 Å². The van der Waals surface area contributed by atoms with Gasteiger partial charge in [-0.15, -0.1) is 10.2 Å². The Morgan fingerprint density at radius 3 is 2.78 bits per heavy atom. The fourth-order valence-corrected chi connectivity index (χ4v) is 5.29. The van der Waals surface area contributed by atoms with Gasteiger partial charge in [-0.3, -0.25) is 4.79 Å². The molecule has 2 aromatic carbocycles. The summed E-state index contributed by atoms with van der Waals surface area (Å²) in [6, 6.07) is 12.8. The fourth-order valence-electron chi connectivity index (χ4n) is 3.29. The van der Waals surface area contributed by atoms with Gasteiger partial charge in [-0.2, -0.15) is 4.31 Å². The van der Waals surface area contributed by atoms with E-state index in [0.717, 1.165) is 10.8 Å². The number of rotatable bonds is 4. The molecule has 0 spiro atoms. The van der Waals surface area contributed by atoms with Gasteiger partial charge in [0.2, 0.25) is 21.1 Å². The maximum absolute atomic E-state index is 13.1. The lowest BCUT2D eigenvalue weighted by Gasteiger charge is -2.31. The smallest absolute Gasteiger partial charge is 0.243 e. The average Bonchev–Trinajstić information content (AvgIpc) is 3.20. The van der Waals surface area contributed by atoms with E-state index in [2.05, 4.69) is 15.5 Å². The van der Waals surface area contributed by atoms with Crippen molar-refractivity contribution in [3.8, 4) is 0 Å². The molecule has 0 radical (unpaired) electrons. The minimum absolute atomic E-state index is 0.166. The predicted molar refractivity (Wildman–Crippen MR) is 104 cm³/mol. The number of nitrogens with one attached hydrogen (secondary N) is 1. The number of fused-ring (bicyclic) bond motifs is 1. The van der Waals surface area contributed by atoms with Gasteiger partial charge in [0.05, 0.1) is 10.8 Å². The van der Waals surface area contributed by atoms with E-state index in [0.29, 0.717) is 24.5 Å². The van der Waals surface area contributed by atoms with Crippen molar-refractivity contribution in [1.82, 2.24) is 14.5 Å². The Hall–Kier alpha value is -2.36. The highest BCUT2D eigenvalue weighted by Crippen LogP contribution is 2.27. The molecule has 0 aliphatic carbocycles. The minimum Gasteiger partial charge on any atom is -0.300 e. The third-order valence-corrected chi connectivity index (χ3v) is 7.17. The molecule has 140 valence electrons. The maximum Gasteiger partial charge on any atom is 0.243 e. The van der Waals surface area contributed by atoms with Gasteiger partial charge in [0.25, 0.3) is 0 Å². The molecule has 1 aliphatic heterocycles. The standard InChI is InChI=1S/C18H18N4O3S2/c23-17(20-18-21-19-12-26-18)15-6-3-9-22(11-15)27(24,25)16-8-7-13-4-1-2-5-14(13)10-16/h1-2,4-5,7-8,10,12,15H,3,6,9,11H2,(H,20,21,23)/t15-/m0/s1. The zero-order valence-corrected chi connectivity index (χ0v) is 16.0. The number of hydrogen-bond donors (Lipinski definition) is 1. The summed E-state index contributed by atoms with van der Waals surface area (Å²) in [5.41, 5.74) is 1.53. The topological polar surface area (TPSA) is 92.3 Å². The summed E-state index contributed by atoms with van der Waals surface area (Å²) in [5.74, 6) is -0.622. The lowest BCUT2D eigenvalue weighted by atomic mass is 9.99. The number of sulfonamides is 1. The van der Waals surface area contributed by atoms with Crippen molar-refractivity contribution < 1.29 is 13.2 Å². The molecule has 1 fully saturated rings. The van der Waals surface area contributed by atoms with Crippen LogP contribution in [0, 0.1) is 5.92 Å². The molecule has 1 atom stereocenters. The molecule has 27 heavy (non-hydrogen) atoms. The number of carbonyl (C=O) groups is 1. The van der Waals surface area contributed by atoms with Crippen LogP contribution in [0.15, 0.2) is 52.9 Å². The molecular weight excluding hydrogens is 384 g/mol. The molecule has 0 saturated carbocycles. The van der Waals surface area contributed by atoms with E-state index in [9.17, 15) is 13.2 Å². The van der Waals surface area contributed by atoms with E-state index >= 15 is 0 Å². The van der Waals surface area contributed by atoms with Crippen LogP contribution in [0.3, 0.4) is 0 Å². The molecule has 7 nitrogen and oxygen atoms in total. The third-order valence-electron chi connectivity index (χ3n) is 4.70. The van der Waals surface area contributed by atoms with Gasteiger partial charge in [0.15, 0.2) is 0 Å². The lowest BCUT2D eigenvalue weighted by Crippen LogP contribution is -2.43. The first-order valence-corrected chi connectivity index (χ1v) is 10.9. The Balaban J connectivity index is 1.54. The Kier molecular flexibility index (Phi) is 4.90. The Labute approximate surface area is 161 Å². The van der Waals surface area contributed by atoms with Crippen LogP contribution in [-0.2, 0) is 14.8 Å². The van der Waals surface area contributed by atoms with Crippen molar-refractivity contribution in [2.75, 3.05) is 18.4 Å². The molecule has 1 aromatic heterocycles. The van der Waals surface area contributed by atoms with Gasteiger partial charge in [0.1, 0.15) is 5.51 Å². The maximum atomic E-state index is 13.1. The summed E-state index contributed by atoms with van der Waals surface area (Å²) >= 11 is 1.23. The monoisotopic (exact) mass is 402 g/mol. The number of carbonyl (C=O) groups excluding carboxylic acids is 1. The summed E-state index contributed by atoms with van der Waals surface area (Å²) in [6.07, 6.45) is 1.29. The van der Waals surface area contributed by atoms with Crippen molar-refractivity contribution in [2.45, 2.75) is 17.7 Å². The molecule has 1 aliphatic rings. The molecule has 1 N–H and O–H groups in total. The molecule has 2 heterocycles. The highest BCUT2D eigenvalue weighted by atomic mass is 32.2. The number of benzene rings is 2. The first-order chi connectivity index (χ1) is 13.0. The van der Waals surface area contributed by atoms with E-state index in [1.807, 2.05) is 30.3 Å². The summed E-state index contributed by atoms with van der Waals surface area (Å²) in [5, 5.41) is 12.5. The van der Waals surface area contributed by atoms with Crippen LogP contribution in [-0.4, -0.2) is 41.9 Å². The number of nitrogens with zero attached hydrogens (tertiary/aromatic N) is 3. The highest BCUT2D eigenvalue weighted by Gasteiger charge is 2.33.